The van der Waals surface area contributed by atoms with Crippen LogP contribution in [0.5, 0.6) is 0 Å². The van der Waals surface area contributed by atoms with Crippen molar-refractivity contribution in [1.82, 2.24) is 9.78 Å². The van der Waals surface area contributed by atoms with Crippen molar-refractivity contribution in [3.05, 3.63) is 75.9 Å². The highest BCUT2D eigenvalue weighted by Gasteiger charge is 2.03. The van der Waals surface area contributed by atoms with Gasteiger partial charge in [-0.3, -0.25) is 4.68 Å². The van der Waals surface area contributed by atoms with Crippen molar-refractivity contribution in [2.24, 2.45) is 0 Å². The zero-order valence-corrected chi connectivity index (χ0v) is 12.8. The van der Waals surface area contributed by atoms with Crippen molar-refractivity contribution in [3.63, 3.8) is 0 Å². The van der Waals surface area contributed by atoms with Gasteiger partial charge in [0.15, 0.2) is 0 Å². The molecule has 0 unspecified atom stereocenters. The Labute approximate surface area is 130 Å². The van der Waals surface area contributed by atoms with Gasteiger partial charge in [0, 0.05) is 15.3 Å². The number of nitrogens with zero attached hydrogens (tertiary/aromatic N) is 2. The van der Waals surface area contributed by atoms with Gasteiger partial charge in [0.1, 0.15) is 5.82 Å². The Morgan fingerprint density at radius 2 is 1.90 bits per heavy atom. The first kappa shape index (κ1) is 13.3. The van der Waals surface area contributed by atoms with Crippen LogP contribution in [-0.4, -0.2) is 9.78 Å². The van der Waals surface area contributed by atoms with E-state index in [1.54, 1.807) is 6.07 Å². The molecule has 0 saturated heterocycles. The lowest BCUT2D eigenvalue weighted by Gasteiger charge is -2.02. The maximum Gasteiger partial charge on any atom is 0.123 e. The lowest BCUT2D eigenvalue weighted by atomic mass is 10.1. The number of hydrogen-bond donors (Lipinski definition) is 0. The molecule has 2 aromatic carbocycles. The maximum absolute atomic E-state index is 13.2. The quantitative estimate of drug-likeness (QED) is 0.620. The minimum Gasteiger partial charge on any atom is -0.268 e. The van der Waals surface area contributed by atoms with Crippen molar-refractivity contribution < 1.29 is 4.39 Å². The molecule has 1 heterocycles. The van der Waals surface area contributed by atoms with Crippen molar-refractivity contribution in [2.75, 3.05) is 0 Å². The van der Waals surface area contributed by atoms with E-state index < -0.39 is 0 Å². The van der Waals surface area contributed by atoms with Gasteiger partial charge < -0.3 is 0 Å². The minimum absolute atomic E-state index is 0.215. The fourth-order valence-electron chi connectivity index (χ4n) is 2.09. The molecule has 0 aliphatic carbocycles. The molecule has 0 saturated carbocycles. The number of aromatic nitrogens is 2. The van der Waals surface area contributed by atoms with E-state index in [-0.39, 0.29) is 5.82 Å². The van der Waals surface area contributed by atoms with Crippen molar-refractivity contribution in [3.8, 4) is 11.1 Å². The summed E-state index contributed by atoms with van der Waals surface area (Å²) < 4.78 is 16.2. The van der Waals surface area contributed by atoms with Crippen LogP contribution < -0.4 is 0 Å². The Bertz CT molecular complexity index is 737. The number of rotatable bonds is 3. The molecule has 100 valence electrons. The number of halogens is 2. The van der Waals surface area contributed by atoms with Gasteiger partial charge >= 0.3 is 0 Å². The average molecular weight is 378 g/mol. The van der Waals surface area contributed by atoms with Gasteiger partial charge in [-0.2, -0.15) is 5.10 Å². The second-order valence-corrected chi connectivity index (χ2v) is 5.81. The molecular formula is C16H12FIN2. The van der Waals surface area contributed by atoms with Crippen LogP contribution in [0.15, 0.2) is 60.9 Å². The molecule has 2 nitrogen and oxygen atoms in total. The van der Waals surface area contributed by atoms with Crippen molar-refractivity contribution >= 4 is 22.6 Å². The highest BCUT2D eigenvalue weighted by atomic mass is 127. The second-order valence-electron chi connectivity index (χ2n) is 4.57. The van der Waals surface area contributed by atoms with Crippen LogP contribution in [0.25, 0.3) is 11.1 Å². The summed E-state index contributed by atoms with van der Waals surface area (Å²) in [4.78, 5) is 0. The first-order chi connectivity index (χ1) is 9.70. The normalized spacial score (nSPS) is 10.7. The van der Waals surface area contributed by atoms with Crippen LogP contribution >= 0.6 is 22.6 Å². The standard InChI is InChI=1S/C16H12FIN2/c17-15-5-1-3-12(7-15)10-20-11-14(9-19-20)13-4-2-6-16(18)8-13/h1-9,11H,10H2. The lowest BCUT2D eigenvalue weighted by molar-refractivity contribution is 0.619. The zero-order valence-electron chi connectivity index (χ0n) is 10.6. The predicted molar refractivity (Wildman–Crippen MR) is 85.9 cm³/mol. The SMILES string of the molecule is Fc1cccc(Cn2cc(-c3cccc(I)c3)cn2)c1. The Morgan fingerprint density at radius 1 is 1.05 bits per heavy atom. The predicted octanol–water partition coefficient (Wildman–Crippen LogP) is 4.34. The Balaban J connectivity index is 1.84. The molecule has 3 aromatic rings. The molecule has 0 spiro atoms. The van der Waals surface area contributed by atoms with Crippen LogP contribution in [0, 0.1) is 9.39 Å². The van der Waals surface area contributed by atoms with Crippen molar-refractivity contribution in [2.45, 2.75) is 6.54 Å². The van der Waals surface area contributed by atoms with E-state index in [0.717, 1.165) is 16.7 Å². The highest BCUT2D eigenvalue weighted by Crippen LogP contribution is 2.21. The van der Waals surface area contributed by atoms with Crippen LogP contribution in [0.4, 0.5) is 4.39 Å². The molecule has 1 aromatic heterocycles. The summed E-state index contributed by atoms with van der Waals surface area (Å²) in [6, 6.07) is 14.9. The smallest absolute Gasteiger partial charge is 0.123 e. The van der Waals surface area contributed by atoms with E-state index in [9.17, 15) is 4.39 Å². The Hall–Kier alpha value is -1.69. The molecule has 0 N–H and O–H groups in total. The zero-order chi connectivity index (χ0) is 13.9. The molecule has 20 heavy (non-hydrogen) atoms. The molecule has 0 fully saturated rings. The number of benzene rings is 2. The molecular weight excluding hydrogens is 366 g/mol. The van der Waals surface area contributed by atoms with E-state index in [1.807, 2.05) is 29.2 Å². The average Bonchev–Trinajstić information content (AvgIpc) is 2.87. The summed E-state index contributed by atoms with van der Waals surface area (Å²) in [5, 5.41) is 4.34. The summed E-state index contributed by atoms with van der Waals surface area (Å²) in [5.74, 6) is -0.215. The van der Waals surface area contributed by atoms with Crippen LogP contribution in [0.3, 0.4) is 0 Å². The first-order valence-electron chi connectivity index (χ1n) is 6.23. The van der Waals surface area contributed by atoms with Gasteiger partial charge in [0.05, 0.1) is 12.7 Å². The van der Waals surface area contributed by atoms with Gasteiger partial charge in [-0.25, -0.2) is 4.39 Å². The molecule has 4 heteroatoms. The van der Waals surface area contributed by atoms with Gasteiger partial charge in [0.25, 0.3) is 0 Å². The molecule has 0 radical (unpaired) electrons. The minimum atomic E-state index is -0.215. The highest BCUT2D eigenvalue weighted by molar-refractivity contribution is 14.1. The van der Waals surface area contributed by atoms with Gasteiger partial charge in [-0.1, -0.05) is 24.3 Å². The lowest BCUT2D eigenvalue weighted by Crippen LogP contribution is -1.99. The maximum atomic E-state index is 13.2. The summed E-state index contributed by atoms with van der Waals surface area (Å²) in [5.41, 5.74) is 3.12. The summed E-state index contributed by atoms with van der Waals surface area (Å²) in [6.07, 6.45) is 3.82. The summed E-state index contributed by atoms with van der Waals surface area (Å²) >= 11 is 2.29. The molecule has 0 atom stereocenters. The number of hydrogen-bond acceptors (Lipinski definition) is 1. The topological polar surface area (TPSA) is 17.8 Å². The van der Waals surface area contributed by atoms with E-state index in [2.05, 4.69) is 45.9 Å². The molecule has 0 aliphatic heterocycles. The van der Waals surface area contributed by atoms with Crippen LogP contribution in [0.2, 0.25) is 0 Å². The molecule has 0 amide bonds. The van der Waals surface area contributed by atoms with Gasteiger partial charge in [0.2, 0.25) is 0 Å². The Morgan fingerprint density at radius 3 is 2.70 bits per heavy atom. The van der Waals surface area contributed by atoms with E-state index in [0.29, 0.717) is 6.54 Å². The van der Waals surface area contributed by atoms with Crippen molar-refractivity contribution in [1.29, 1.82) is 0 Å². The van der Waals surface area contributed by atoms with Crippen LogP contribution in [0.1, 0.15) is 5.56 Å². The fourth-order valence-corrected chi connectivity index (χ4v) is 2.63. The summed E-state index contributed by atoms with van der Waals surface area (Å²) in [7, 11) is 0. The monoisotopic (exact) mass is 378 g/mol. The molecule has 3 rings (SSSR count). The van der Waals surface area contributed by atoms with E-state index in [4.69, 9.17) is 0 Å². The molecule has 0 aliphatic rings. The Kier molecular flexibility index (Phi) is 3.82. The first-order valence-corrected chi connectivity index (χ1v) is 7.31. The van der Waals surface area contributed by atoms with E-state index >= 15 is 0 Å². The third-order valence-corrected chi connectivity index (χ3v) is 3.70. The second kappa shape index (κ2) is 5.75. The molecule has 0 bridgehead atoms. The van der Waals surface area contributed by atoms with Crippen LogP contribution in [-0.2, 0) is 6.54 Å². The fraction of sp³-hybridized carbons (Fsp3) is 0.0625. The summed E-state index contributed by atoms with van der Waals surface area (Å²) in [6.45, 7) is 0.571. The third kappa shape index (κ3) is 3.07. The van der Waals surface area contributed by atoms with Gasteiger partial charge in [-0.15, -0.1) is 0 Å². The van der Waals surface area contributed by atoms with E-state index in [1.165, 1.54) is 15.7 Å². The third-order valence-electron chi connectivity index (χ3n) is 3.02. The largest absolute Gasteiger partial charge is 0.268 e. The van der Waals surface area contributed by atoms with Gasteiger partial charge in [-0.05, 0) is 58.0 Å².